The molecule has 0 N–H and O–H groups in total. The predicted octanol–water partition coefficient (Wildman–Crippen LogP) is 1.21. The van der Waals surface area contributed by atoms with Gasteiger partial charge in [-0.1, -0.05) is 18.2 Å². The van der Waals surface area contributed by atoms with E-state index in [1.54, 1.807) is 6.08 Å². The van der Waals surface area contributed by atoms with Crippen LogP contribution in [0.25, 0.3) is 0 Å². The lowest BCUT2D eigenvalue weighted by atomic mass is 9.98. The first-order valence-electron chi connectivity index (χ1n) is 4.01. The van der Waals surface area contributed by atoms with Crippen LogP contribution < -0.4 is 0 Å². The Labute approximate surface area is 74.6 Å². The molecule has 1 heterocycles. The summed E-state index contributed by atoms with van der Waals surface area (Å²) in [6, 6.07) is 0. The molecule has 1 aliphatic heterocycles. The molecule has 0 spiro atoms. The molecule has 0 aromatic heterocycles. The quantitative estimate of drug-likeness (QED) is 0.553. The molecule has 13 heavy (non-hydrogen) atoms. The molecule has 0 fully saturated rings. The normalized spacial score (nSPS) is 23.2. The summed E-state index contributed by atoms with van der Waals surface area (Å²) < 4.78 is 10.2. The van der Waals surface area contributed by atoms with Crippen LogP contribution in [0.2, 0.25) is 0 Å². The van der Waals surface area contributed by atoms with Gasteiger partial charge in [-0.25, -0.2) is 0 Å². The molecule has 3 rings (SSSR count). The molecular weight excluding hydrogens is 168 g/mol. The van der Waals surface area contributed by atoms with Crippen molar-refractivity contribution in [2.45, 2.75) is 0 Å². The number of allylic oxidation sites excluding steroid dienone is 6. The highest BCUT2D eigenvalue weighted by Gasteiger charge is 2.32. The van der Waals surface area contributed by atoms with Crippen molar-refractivity contribution in [3.8, 4) is 0 Å². The van der Waals surface area contributed by atoms with Gasteiger partial charge in [0, 0.05) is 5.57 Å². The number of carbonyl (C=O) groups excluding carboxylic acids is 1. The maximum absolute atomic E-state index is 11.7. The summed E-state index contributed by atoms with van der Waals surface area (Å²) >= 11 is 0. The predicted molar refractivity (Wildman–Crippen MR) is 44.4 cm³/mol. The van der Waals surface area contributed by atoms with Crippen molar-refractivity contribution >= 4 is 5.78 Å². The standard InChI is InChI=1S/C10H6O3/c11-9-7-3-1-2-6(7)4-8-10(9)13-5-12-8/h1-4H,5H2. The van der Waals surface area contributed by atoms with Gasteiger partial charge >= 0.3 is 0 Å². The number of Topliss-reactive ketones (excluding diaryl/α,β-unsaturated/α-hetero) is 1. The van der Waals surface area contributed by atoms with Crippen molar-refractivity contribution in [1.82, 2.24) is 0 Å². The van der Waals surface area contributed by atoms with Gasteiger partial charge in [0.1, 0.15) is 0 Å². The number of ketones is 1. The van der Waals surface area contributed by atoms with Gasteiger partial charge in [-0.2, -0.15) is 0 Å². The van der Waals surface area contributed by atoms with Crippen LogP contribution in [0, 0.1) is 0 Å². The largest absolute Gasteiger partial charge is 0.453 e. The molecule has 0 bridgehead atoms. The second-order valence-electron chi connectivity index (χ2n) is 2.97. The lowest BCUT2D eigenvalue weighted by Gasteiger charge is -2.09. The van der Waals surface area contributed by atoms with E-state index in [9.17, 15) is 4.79 Å². The fourth-order valence-electron chi connectivity index (χ4n) is 1.60. The second kappa shape index (κ2) is 2.13. The summed E-state index contributed by atoms with van der Waals surface area (Å²) in [4.78, 5) is 11.7. The average molecular weight is 174 g/mol. The van der Waals surface area contributed by atoms with Crippen molar-refractivity contribution in [1.29, 1.82) is 0 Å². The summed E-state index contributed by atoms with van der Waals surface area (Å²) in [5, 5.41) is 0. The van der Waals surface area contributed by atoms with E-state index in [2.05, 4.69) is 0 Å². The molecule has 3 heteroatoms. The minimum Gasteiger partial charge on any atom is -0.453 e. The van der Waals surface area contributed by atoms with E-state index < -0.39 is 0 Å². The van der Waals surface area contributed by atoms with Crippen LogP contribution in [0.15, 0.2) is 47.0 Å². The molecule has 0 aromatic rings. The van der Waals surface area contributed by atoms with Crippen LogP contribution in [0.5, 0.6) is 0 Å². The van der Waals surface area contributed by atoms with E-state index in [1.165, 1.54) is 0 Å². The summed E-state index contributed by atoms with van der Waals surface area (Å²) in [5.41, 5.74) is 1.61. The van der Waals surface area contributed by atoms with E-state index in [0.29, 0.717) is 17.1 Å². The van der Waals surface area contributed by atoms with E-state index >= 15 is 0 Å². The molecule has 0 unspecified atom stereocenters. The third-order valence-electron chi connectivity index (χ3n) is 2.23. The van der Waals surface area contributed by atoms with Crippen molar-refractivity contribution in [3.05, 3.63) is 47.0 Å². The first-order chi connectivity index (χ1) is 6.36. The Kier molecular flexibility index (Phi) is 1.10. The van der Waals surface area contributed by atoms with Crippen molar-refractivity contribution in [3.63, 3.8) is 0 Å². The lowest BCUT2D eigenvalue weighted by Crippen LogP contribution is -2.11. The fourth-order valence-corrected chi connectivity index (χ4v) is 1.60. The van der Waals surface area contributed by atoms with Crippen molar-refractivity contribution in [2.24, 2.45) is 0 Å². The van der Waals surface area contributed by atoms with E-state index in [1.807, 2.05) is 18.2 Å². The van der Waals surface area contributed by atoms with Gasteiger partial charge < -0.3 is 9.47 Å². The Morgan fingerprint density at radius 3 is 3.15 bits per heavy atom. The van der Waals surface area contributed by atoms with Crippen LogP contribution in [0.1, 0.15) is 0 Å². The SMILES string of the molecule is O=C1C2=CC=CC2=CC2=C1OCO2. The maximum atomic E-state index is 11.7. The zero-order valence-corrected chi connectivity index (χ0v) is 6.74. The molecule has 0 atom stereocenters. The molecule has 2 aliphatic carbocycles. The van der Waals surface area contributed by atoms with Crippen LogP contribution >= 0.6 is 0 Å². The van der Waals surface area contributed by atoms with Crippen molar-refractivity contribution < 1.29 is 14.3 Å². The van der Waals surface area contributed by atoms with Crippen LogP contribution in [-0.4, -0.2) is 12.6 Å². The molecule has 3 nitrogen and oxygen atoms in total. The first kappa shape index (κ1) is 6.71. The second-order valence-corrected chi connectivity index (χ2v) is 2.97. The highest BCUT2D eigenvalue weighted by atomic mass is 16.7. The van der Waals surface area contributed by atoms with E-state index in [4.69, 9.17) is 9.47 Å². The summed E-state index contributed by atoms with van der Waals surface area (Å²) in [6.45, 7) is 0.150. The summed E-state index contributed by atoms with van der Waals surface area (Å²) in [5.74, 6) is 0.831. The molecule has 0 saturated carbocycles. The Morgan fingerprint density at radius 1 is 1.31 bits per heavy atom. The topological polar surface area (TPSA) is 35.5 Å². The number of carbonyl (C=O) groups is 1. The third kappa shape index (κ3) is 0.758. The number of hydrogen-bond donors (Lipinski definition) is 0. The summed E-state index contributed by atoms with van der Waals surface area (Å²) in [6.07, 6.45) is 7.36. The number of hydrogen-bond acceptors (Lipinski definition) is 3. The minimum atomic E-state index is -0.0741. The van der Waals surface area contributed by atoms with E-state index in [0.717, 1.165) is 5.57 Å². The highest BCUT2D eigenvalue weighted by molar-refractivity contribution is 6.13. The number of rotatable bonds is 0. The Morgan fingerprint density at radius 2 is 2.23 bits per heavy atom. The molecule has 0 saturated heterocycles. The Bertz CT molecular complexity index is 421. The molecule has 0 aromatic carbocycles. The van der Waals surface area contributed by atoms with Crippen LogP contribution in [-0.2, 0) is 14.3 Å². The monoisotopic (exact) mass is 174 g/mol. The Hall–Kier alpha value is -1.77. The van der Waals surface area contributed by atoms with Gasteiger partial charge in [0.05, 0.1) is 0 Å². The number of fused-ring (bicyclic) bond motifs is 1. The minimum absolute atomic E-state index is 0.0741. The van der Waals surface area contributed by atoms with Crippen LogP contribution in [0.3, 0.4) is 0 Å². The fraction of sp³-hybridized carbons (Fsp3) is 0.100. The molecule has 0 radical (unpaired) electrons. The zero-order chi connectivity index (χ0) is 8.84. The Balaban J connectivity index is 2.18. The molecular formula is C10H6O3. The average Bonchev–Trinajstić information content (AvgIpc) is 2.71. The lowest BCUT2D eigenvalue weighted by molar-refractivity contribution is -0.115. The maximum Gasteiger partial charge on any atom is 0.232 e. The van der Waals surface area contributed by atoms with Crippen LogP contribution in [0.4, 0.5) is 0 Å². The van der Waals surface area contributed by atoms with Gasteiger partial charge in [0.25, 0.3) is 0 Å². The van der Waals surface area contributed by atoms with E-state index in [-0.39, 0.29) is 12.6 Å². The zero-order valence-electron chi connectivity index (χ0n) is 6.74. The summed E-state index contributed by atoms with van der Waals surface area (Å²) in [7, 11) is 0. The van der Waals surface area contributed by atoms with Gasteiger partial charge in [0.2, 0.25) is 18.3 Å². The third-order valence-corrected chi connectivity index (χ3v) is 2.23. The molecule has 3 aliphatic rings. The molecule has 0 amide bonds. The molecule has 64 valence electrons. The first-order valence-corrected chi connectivity index (χ1v) is 4.01. The van der Waals surface area contributed by atoms with Crippen molar-refractivity contribution in [2.75, 3.05) is 6.79 Å². The van der Waals surface area contributed by atoms with Gasteiger partial charge in [0.15, 0.2) is 5.76 Å². The van der Waals surface area contributed by atoms with Gasteiger partial charge in [-0.05, 0) is 11.6 Å². The van der Waals surface area contributed by atoms with Gasteiger partial charge in [-0.15, -0.1) is 0 Å². The number of ether oxygens (including phenoxy) is 2. The smallest absolute Gasteiger partial charge is 0.232 e. The van der Waals surface area contributed by atoms with Gasteiger partial charge in [-0.3, -0.25) is 4.79 Å². The highest BCUT2D eigenvalue weighted by Crippen LogP contribution is 2.33.